The van der Waals surface area contributed by atoms with Gasteiger partial charge in [0.15, 0.2) is 15.0 Å². The Hall–Kier alpha value is -3.20. The Morgan fingerprint density at radius 1 is 1.26 bits per heavy atom. The summed E-state index contributed by atoms with van der Waals surface area (Å²) in [5, 5.41) is 12.4. The van der Waals surface area contributed by atoms with Gasteiger partial charge in [-0.25, -0.2) is 23.4 Å². The van der Waals surface area contributed by atoms with Gasteiger partial charge in [0.25, 0.3) is 0 Å². The molecule has 0 spiro atoms. The Balaban J connectivity index is 1.41. The summed E-state index contributed by atoms with van der Waals surface area (Å²) in [7, 11) is -3.38. The van der Waals surface area contributed by atoms with E-state index in [1.54, 1.807) is 6.92 Å². The molecule has 1 amide bonds. The van der Waals surface area contributed by atoms with Crippen molar-refractivity contribution in [2.24, 2.45) is 5.92 Å². The van der Waals surface area contributed by atoms with E-state index < -0.39 is 9.84 Å². The number of hydrogen-bond donors (Lipinski definition) is 1. The van der Waals surface area contributed by atoms with Crippen LogP contribution in [-0.4, -0.2) is 39.9 Å². The van der Waals surface area contributed by atoms with Gasteiger partial charge in [0.1, 0.15) is 10.7 Å². The number of thiazole rings is 1. The molecule has 1 aliphatic rings. The van der Waals surface area contributed by atoms with Crippen LogP contribution in [0.5, 0.6) is 0 Å². The molecule has 0 saturated carbocycles. The summed E-state index contributed by atoms with van der Waals surface area (Å²) >= 11 is 1.46. The van der Waals surface area contributed by atoms with Crippen LogP contribution in [0, 0.1) is 17.2 Å². The van der Waals surface area contributed by atoms with E-state index in [-0.39, 0.29) is 34.8 Å². The van der Waals surface area contributed by atoms with Gasteiger partial charge in [0, 0.05) is 30.4 Å². The average molecular weight is 511 g/mol. The molecule has 0 fully saturated rings. The predicted molar refractivity (Wildman–Crippen MR) is 132 cm³/mol. The number of amides is 1. The molecular formula is C24H26N6O3S2. The van der Waals surface area contributed by atoms with E-state index in [0.717, 1.165) is 29.2 Å². The molecule has 0 saturated heterocycles. The fourth-order valence-electron chi connectivity index (χ4n) is 4.10. The Bertz CT molecular complexity index is 1360. The summed E-state index contributed by atoms with van der Waals surface area (Å²) in [6.07, 6.45) is 2.40. The standard InChI is InChI=1S/C24H26N6O3S2/c1-4-35(32,33)18-11-26-20(27-12-18)9-21(31)28-24-29-22-19(34-24)14-30(23(22)15(2)3)13-17-7-5-16(10-25)6-8-17/h5-8,11-12,15,23H,4,9,13-14H2,1-3H3,(H,28,29,31)/t23-/m0/s1. The Labute approximate surface area is 208 Å². The third-order valence-corrected chi connectivity index (χ3v) is 8.49. The normalized spacial score (nSPS) is 15.7. The van der Waals surface area contributed by atoms with Crippen LogP contribution in [0.25, 0.3) is 0 Å². The lowest BCUT2D eigenvalue weighted by Crippen LogP contribution is -2.26. The van der Waals surface area contributed by atoms with E-state index in [4.69, 9.17) is 10.2 Å². The van der Waals surface area contributed by atoms with Crippen molar-refractivity contribution < 1.29 is 13.2 Å². The highest BCUT2D eigenvalue weighted by atomic mass is 32.2. The monoisotopic (exact) mass is 510 g/mol. The van der Waals surface area contributed by atoms with E-state index in [9.17, 15) is 13.2 Å². The van der Waals surface area contributed by atoms with Crippen molar-refractivity contribution >= 4 is 32.2 Å². The van der Waals surface area contributed by atoms with Gasteiger partial charge in [0.2, 0.25) is 5.91 Å². The van der Waals surface area contributed by atoms with Gasteiger partial charge in [-0.3, -0.25) is 9.69 Å². The SMILES string of the molecule is CCS(=O)(=O)c1cnc(CC(=O)Nc2nc3c(s2)CN(Cc2ccc(C#N)cc2)[C@H]3C(C)C)nc1. The highest BCUT2D eigenvalue weighted by molar-refractivity contribution is 7.91. The van der Waals surface area contributed by atoms with Crippen LogP contribution >= 0.6 is 11.3 Å². The quantitative estimate of drug-likeness (QED) is 0.488. The summed E-state index contributed by atoms with van der Waals surface area (Å²) in [6, 6.07) is 9.89. The van der Waals surface area contributed by atoms with E-state index in [2.05, 4.69) is 40.1 Å². The van der Waals surface area contributed by atoms with E-state index >= 15 is 0 Å². The Kier molecular flexibility index (Phi) is 7.25. The first kappa shape index (κ1) is 24.9. The summed E-state index contributed by atoms with van der Waals surface area (Å²) in [6.45, 7) is 7.35. The number of nitrogens with one attached hydrogen (secondary N) is 1. The van der Waals surface area contributed by atoms with Gasteiger partial charge < -0.3 is 5.32 Å². The van der Waals surface area contributed by atoms with Gasteiger partial charge in [-0.15, -0.1) is 11.3 Å². The topological polar surface area (TPSA) is 129 Å². The lowest BCUT2D eigenvalue weighted by Gasteiger charge is -2.27. The smallest absolute Gasteiger partial charge is 0.233 e. The van der Waals surface area contributed by atoms with Gasteiger partial charge in [0.05, 0.1) is 35.5 Å². The second-order valence-corrected chi connectivity index (χ2v) is 12.1. The number of hydrogen-bond acceptors (Lipinski definition) is 9. The first-order valence-corrected chi connectivity index (χ1v) is 13.7. The number of fused-ring (bicyclic) bond motifs is 1. The zero-order chi connectivity index (χ0) is 25.2. The van der Waals surface area contributed by atoms with E-state index in [1.165, 1.54) is 23.7 Å². The second kappa shape index (κ2) is 10.2. The van der Waals surface area contributed by atoms with Crippen molar-refractivity contribution in [1.82, 2.24) is 19.9 Å². The lowest BCUT2D eigenvalue weighted by atomic mass is 10.0. The highest BCUT2D eigenvalue weighted by Gasteiger charge is 2.36. The number of anilines is 1. The van der Waals surface area contributed by atoms with Crippen LogP contribution in [0.2, 0.25) is 0 Å². The molecule has 3 heterocycles. The number of carbonyl (C=O) groups excluding carboxylic acids is 1. The first-order valence-electron chi connectivity index (χ1n) is 11.3. The maximum atomic E-state index is 12.5. The number of nitriles is 1. The fraction of sp³-hybridized carbons (Fsp3) is 0.375. The van der Waals surface area contributed by atoms with Crippen molar-refractivity contribution in [3.05, 3.63) is 64.2 Å². The molecule has 11 heteroatoms. The molecule has 0 aliphatic carbocycles. The Morgan fingerprint density at radius 2 is 1.94 bits per heavy atom. The minimum Gasteiger partial charge on any atom is -0.302 e. The lowest BCUT2D eigenvalue weighted by molar-refractivity contribution is -0.115. The molecule has 0 radical (unpaired) electrons. The number of aromatic nitrogens is 3. The van der Waals surface area contributed by atoms with Gasteiger partial charge in [-0.2, -0.15) is 5.26 Å². The number of sulfone groups is 1. The van der Waals surface area contributed by atoms with Gasteiger partial charge >= 0.3 is 0 Å². The first-order chi connectivity index (χ1) is 16.7. The van der Waals surface area contributed by atoms with Gasteiger partial charge in [-0.1, -0.05) is 32.9 Å². The molecule has 1 aromatic carbocycles. The maximum Gasteiger partial charge on any atom is 0.233 e. The van der Waals surface area contributed by atoms with Crippen LogP contribution < -0.4 is 5.32 Å². The number of benzene rings is 1. The van der Waals surface area contributed by atoms with Gasteiger partial charge in [-0.05, 0) is 23.6 Å². The molecule has 0 unspecified atom stereocenters. The van der Waals surface area contributed by atoms with E-state index in [0.29, 0.717) is 16.6 Å². The van der Waals surface area contributed by atoms with Crippen molar-refractivity contribution in [1.29, 1.82) is 5.26 Å². The summed E-state index contributed by atoms with van der Waals surface area (Å²) in [4.78, 5) is 28.9. The van der Waals surface area contributed by atoms with Crippen LogP contribution in [-0.2, 0) is 34.1 Å². The molecule has 3 aromatic rings. The Morgan fingerprint density at radius 3 is 2.54 bits per heavy atom. The van der Waals surface area contributed by atoms with Crippen LogP contribution in [0.15, 0.2) is 41.6 Å². The zero-order valence-corrected chi connectivity index (χ0v) is 21.4. The summed E-state index contributed by atoms with van der Waals surface area (Å²) < 4.78 is 23.8. The number of carbonyl (C=O) groups is 1. The number of nitrogens with zero attached hydrogens (tertiary/aromatic N) is 5. The molecule has 9 nitrogen and oxygen atoms in total. The largest absolute Gasteiger partial charge is 0.302 e. The van der Waals surface area contributed by atoms with Crippen LogP contribution in [0.1, 0.15) is 54.3 Å². The maximum absolute atomic E-state index is 12.5. The van der Waals surface area contributed by atoms with Crippen molar-refractivity contribution in [3.8, 4) is 6.07 Å². The molecule has 4 rings (SSSR count). The highest BCUT2D eigenvalue weighted by Crippen LogP contribution is 2.43. The molecular weight excluding hydrogens is 484 g/mol. The summed E-state index contributed by atoms with van der Waals surface area (Å²) in [5.74, 6) is 0.230. The van der Waals surface area contributed by atoms with Crippen LogP contribution in [0.4, 0.5) is 5.13 Å². The second-order valence-electron chi connectivity index (χ2n) is 8.69. The number of rotatable bonds is 8. The minimum absolute atomic E-state index is 0.0345. The van der Waals surface area contributed by atoms with E-state index in [1.807, 2.05) is 24.3 Å². The molecule has 0 bridgehead atoms. The minimum atomic E-state index is -3.38. The molecule has 182 valence electrons. The molecule has 2 aromatic heterocycles. The molecule has 1 aliphatic heterocycles. The third kappa shape index (κ3) is 5.56. The fourth-order valence-corrected chi connectivity index (χ4v) is 5.90. The van der Waals surface area contributed by atoms with Crippen LogP contribution in [0.3, 0.4) is 0 Å². The zero-order valence-electron chi connectivity index (χ0n) is 19.7. The average Bonchev–Trinajstić information content (AvgIpc) is 3.36. The van der Waals surface area contributed by atoms with Crippen molar-refractivity contribution in [2.45, 2.75) is 51.2 Å². The summed E-state index contributed by atoms with van der Waals surface area (Å²) in [5.41, 5.74) is 2.76. The predicted octanol–water partition coefficient (Wildman–Crippen LogP) is 3.49. The molecule has 1 N–H and O–H groups in total. The van der Waals surface area contributed by atoms with Crippen molar-refractivity contribution in [3.63, 3.8) is 0 Å². The van der Waals surface area contributed by atoms with Crippen molar-refractivity contribution in [2.75, 3.05) is 11.1 Å². The molecule has 1 atom stereocenters. The molecule has 35 heavy (non-hydrogen) atoms. The third-order valence-electron chi connectivity index (χ3n) is 5.83.